The van der Waals surface area contributed by atoms with Gasteiger partial charge in [-0.1, -0.05) is 6.92 Å². The number of hydrogen-bond donors (Lipinski definition) is 1. The summed E-state index contributed by atoms with van der Waals surface area (Å²) in [4.78, 5) is 2.29. The van der Waals surface area contributed by atoms with Crippen molar-refractivity contribution in [2.45, 2.75) is 32.5 Å². The van der Waals surface area contributed by atoms with E-state index in [4.69, 9.17) is 14.2 Å². The number of fused-ring (bicyclic) bond motifs is 1. The average molecular weight is 343 g/mol. The predicted octanol–water partition coefficient (Wildman–Crippen LogP) is 3.58. The molecule has 1 aliphatic heterocycles. The van der Waals surface area contributed by atoms with Gasteiger partial charge < -0.3 is 19.3 Å². The van der Waals surface area contributed by atoms with Crippen LogP contribution in [-0.2, 0) is 13.1 Å². The molecule has 1 heterocycles. The van der Waals surface area contributed by atoms with Crippen molar-refractivity contribution in [3.05, 3.63) is 47.5 Å². The molecular formula is C20H25NO4. The lowest BCUT2D eigenvalue weighted by atomic mass is 10.1. The van der Waals surface area contributed by atoms with Gasteiger partial charge in [-0.3, -0.25) is 4.90 Å². The lowest BCUT2D eigenvalue weighted by Gasteiger charge is -2.23. The van der Waals surface area contributed by atoms with Gasteiger partial charge in [0.2, 0.25) is 0 Å². The monoisotopic (exact) mass is 343 g/mol. The highest BCUT2D eigenvalue weighted by Crippen LogP contribution is 2.31. The van der Waals surface area contributed by atoms with Crippen LogP contribution in [-0.4, -0.2) is 36.9 Å². The van der Waals surface area contributed by atoms with Gasteiger partial charge in [0.05, 0.1) is 14.2 Å². The number of aromatic hydroxyl groups is 1. The van der Waals surface area contributed by atoms with Crippen LogP contribution in [0, 0.1) is 0 Å². The summed E-state index contributed by atoms with van der Waals surface area (Å²) in [7, 11) is 3.30. The Morgan fingerprint density at radius 3 is 2.56 bits per heavy atom. The third-order valence-electron chi connectivity index (χ3n) is 4.55. The van der Waals surface area contributed by atoms with Crippen molar-refractivity contribution in [2.24, 2.45) is 0 Å². The summed E-state index contributed by atoms with van der Waals surface area (Å²) >= 11 is 0. The number of nitrogens with zero attached hydrogens (tertiary/aromatic N) is 1. The second-order valence-electron chi connectivity index (χ2n) is 6.29. The molecule has 2 aromatic carbocycles. The number of hydrogen-bond acceptors (Lipinski definition) is 5. The Bertz CT molecular complexity index is 732. The van der Waals surface area contributed by atoms with E-state index in [2.05, 4.69) is 11.8 Å². The van der Waals surface area contributed by atoms with Gasteiger partial charge in [-0.2, -0.15) is 0 Å². The first-order valence-corrected chi connectivity index (χ1v) is 8.54. The molecule has 0 bridgehead atoms. The lowest BCUT2D eigenvalue weighted by Crippen LogP contribution is -2.32. The van der Waals surface area contributed by atoms with E-state index in [0.29, 0.717) is 6.54 Å². The Morgan fingerprint density at radius 1 is 1.12 bits per heavy atom. The third-order valence-corrected chi connectivity index (χ3v) is 4.55. The average Bonchev–Trinajstić information content (AvgIpc) is 2.81. The Kier molecular flexibility index (Phi) is 5.34. The molecular weight excluding hydrogens is 318 g/mol. The van der Waals surface area contributed by atoms with Crippen LogP contribution < -0.4 is 14.2 Å². The van der Waals surface area contributed by atoms with Gasteiger partial charge in [0, 0.05) is 30.8 Å². The zero-order valence-electron chi connectivity index (χ0n) is 15.0. The van der Waals surface area contributed by atoms with Crippen LogP contribution in [0.3, 0.4) is 0 Å². The van der Waals surface area contributed by atoms with E-state index in [1.165, 1.54) is 0 Å². The van der Waals surface area contributed by atoms with Crippen molar-refractivity contribution in [1.29, 1.82) is 0 Å². The topological polar surface area (TPSA) is 51.2 Å². The number of phenolic OH excluding ortho intramolecular Hbond substituents is 1. The molecule has 25 heavy (non-hydrogen) atoms. The van der Waals surface area contributed by atoms with E-state index < -0.39 is 0 Å². The molecule has 5 heteroatoms. The molecule has 3 rings (SSSR count). The molecule has 1 N–H and O–H groups in total. The Hall–Kier alpha value is -2.40. The Morgan fingerprint density at radius 2 is 1.84 bits per heavy atom. The van der Waals surface area contributed by atoms with E-state index in [1.54, 1.807) is 26.4 Å². The third kappa shape index (κ3) is 3.99. The van der Waals surface area contributed by atoms with Gasteiger partial charge >= 0.3 is 0 Å². The minimum atomic E-state index is 0.113. The molecule has 0 spiro atoms. The Labute approximate surface area is 148 Å². The van der Waals surface area contributed by atoms with Crippen LogP contribution in [0.1, 0.15) is 24.5 Å². The van der Waals surface area contributed by atoms with Gasteiger partial charge in [0.25, 0.3) is 0 Å². The molecule has 0 saturated carbocycles. The van der Waals surface area contributed by atoms with E-state index >= 15 is 0 Å². The quantitative estimate of drug-likeness (QED) is 0.899. The molecule has 1 unspecified atom stereocenters. The zero-order valence-corrected chi connectivity index (χ0v) is 15.0. The minimum Gasteiger partial charge on any atom is -0.508 e. The molecule has 1 aliphatic rings. The summed E-state index contributed by atoms with van der Waals surface area (Å²) in [6.07, 6.45) is 1.04. The van der Waals surface area contributed by atoms with Crippen molar-refractivity contribution in [1.82, 2.24) is 4.90 Å². The van der Waals surface area contributed by atoms with Gasteiger partial charge in [0.15, 0.2) is 0 Å². The number of phenols is 1. The molecule has 1 atom stereocenters. The smallest absolute Gasteiger partial charge is 0.124 e. The second-order valence-corrected chi connectivity index (χ2v) is 6.29. The molecule has 5 nitrogen and oxygen atoms in total. The van der Waals surface area contributed by atoms with E-state index in [0.717, 1.165) is 47.9 Å². The predicted molar refractivity (Wildman–Crippen MR) is 96.5 cm³/mol. The number of ether oxygens (including phenoxy) is 3. The maximum Gasteiger partial charge on any atom is 0.124 e. The lowest BCUT2D eigenvalue weighted by molar-refractivity contribution is 0.138. The number of rotatable bonds is 5. The summed E-state index contributed by atoms with van der Waals surface area (Å²) in [5.41, 5.74) is 1.94. The van der Waals surface area contributed by atoms with Crippen LogP contribution in [0.4, 0.5) is 0 Å². The highest BCUT2D eigenvalue weighted by atomic mass is 16.5. The van der Waals surface area contributed by atoms with Crippen LogP contribution >= 0.6 is 0 Å². The van der Waals surface area contributed by atoms with Gasteiger partial charge in [-0.15, -0.1) is 0 Å². The van der Waals surface area contributed by atoms with Crippen LogP contribution in [0.2, 0.25) is 0 Å². The minimum absolute atomic E-state index is 0.113. The standard InChI is InChI=1S/C20H25NO4/c1-4-16-13-21(11-14-9-17(23-2)5-7-19(14)22)12-15-10-18(24-3)6-8-20(15)25-16/h5-10,16,22H,4,11-13H2,1-3H3. The van der Waals surface area contributed by atoms with Crippen LogP contribution in [0.15, 0.2) is 36.4 Å². The summed E-state index contributed by atoms with van der Waals surface area (Å²) in [5, 5.41) is 10.2. The van der Waals surface area contributed by atoms with Crippen molar-refractivity contribution < 1.29 is 19.3 Å². The summed E-state index contributed by atoms with van der Waals surface area (Å²) < 4.78 is 16.8. The highest BCUT2D eigenvalue weighted by molar-refractivity contribution is 5.42. The zero-order chi connectivity index (χ0) is 17.8. The molecule has 0 aromatic heterocycles. The molecule has 0 amide bonds. The highest BCUT2D eigenvalue weighted by Gasteiger charge is 2.23. The maximum atomic E-state index is 10.2. The van der Waals surface area contributed by atoms with Crippen molar-refractivity contribution in [3.8, 4) is 23.0 Å². The summed E-state index contributed by atoms with van der Waals surface area (Å²) in [5.74, 6) is 2.75. The van der Waals surface area contributed by atoms with Gasteiger partial charge in [-0.25, -0.2) is 0 Å². The van der Waals surface area contributed by atoms with E-state index in [9.17, 15) is 5.11 Å². The molecule has 0 saturated heterocycles. The number of benzene rings is 2. The summed E-state index contributed by atoms with van der Waals surface area (Å²) in [6.45, 7) is 4.28. The first kappa shape index (κ1) is 17.4. The van der Waals surface area contributed by atoms with Crippen molar-refractivity contribution >= 4 is 0 Å². The van der Waals surface area contributed by atoms with Crippen molar-refractivity contribution in [2.75, 3.05) is 20.8 Å². The summed E-state index contributed by atoms with van der Waals surface area (Å²) in [6, 6.07) is 11.2. The van der Waals surface area contributed by atoms with E-state index in [-0.39, 0.29) is 11.9 Å². The largest absolute Gasteiger partial charge is 0.508 e. The second kappa shape index (κ2) is 7.66. The SMILES string of the molecule is CCC1CN(Cc2cc(OC)ccc2O)Cc2cc(OC)ccc2O1. The molecule has 0 radical (unpaired) electrons. The van der Waals surface area contributed by atoms with E-state index in [1.807, 2.05) is 24.3 Å². The van der Waals surface area contributed by atoms with Crippen molar-refractivity contribution in [3.63, 3.8) is 0 Å². The normalized spacial score (nSPS) is 17.3. The fourth-order valence-electron chi connectivity index (χ4n) is 3.12. The molecule has 0 fully saturated rings. The van der Waals surface area contributed by atoms with Gasteiger partial charge in [-0.05, 0) is 42.8 Å². The number of methoxy groups -OCH3 is 2. The van der Waals surface area contributed by atoms with Gasteiger partial charge in [0.1, 0.15) is 29.1 Å². The maximum absolute atomic E-state index is 10.2. The van der Waals surface area contributed by atoms with Crippen LogP contribution in [0.25, 0.3) is 0 Å². The van der Waals surface area contributed by atoms with Crippen LogP contribution in [0.5, 0.6) is 23.0 Å². The molecule has 134 valence electrons. The first-order chi connectivity index (χ1) is 12.1. The fraction of sp³-hybridized carbons (Fsp3) is 0.400. The first-order valence-electron chi connectivity index (χ1n) is 8.54. The fourth-order valence-corrected chi connectivity index (χ4v) is 3.12. The Balaban J connectivity index is 1.87. The molecule has 0 aliphatic carbocycles. The molecule has 2 aromatic rings.